The first-order valence-electron chi connectivity index (χ1n) is 5.94. The molecule has 1 amide bonds. The molecule has 0 aliphatic carbocycles. The van der Waals surface area contributed by atoms with Gasteiger partial charge in [0.1, 0.15) is 5.69 Å². The summed E-state index contributed by atoms with van der Waals surface area (Å²) in [5.41, 5.74) is 1.98. The molecule has 18 heavy (non-hydrogen) atoms. The molecule has 3 N–H and O–H groups in total. The van der Waals surface area contributed by atoms with Crippen molar-refractivity contribution in [3.63, 3.8) is 0 Å². The van der Waals surface area contributed by atoms with Crippen LogP contribution in [0.3, 0.4) is 0 Å². The number of H-pyrrole nitrogens is 1. The summed E-state index contributed by atoms with van der Waals surface area (Å²) in [7, 11) is 0. The summed E-state index contributed by atoms with van der Waals surface area (Å²) < 4.78 is 0. The molecule has 1 heterocycles. The molecule has 0 radical (unpaired) electrons. The SMILES string of the molecule is Cc1ccc2cc(C(=O)NC(C)(C)CO)[nH]c2c1. The van der Waals surface area contributed by atoms with Gasteiger partial charge in [-0.25, -0.2) is 0 Å². The van der Waals surface area contributed by atoms with Gasteiger partial charge in [0, 0.05) is 10.9 Å². The smallest absolute Gasteiger partial charge is 0.268 e. The van der Waals surface area contributed by atoms with Crippen molar-refractivity contribution < 1.29 is 9.90 Å². The van der Waals surface area contributed by atoms with Crippen molar-refractivity contribution in [3.05, 3.63) is 35.5 Å². The molecule has 0 aliphatic rings. The number of aromatic amines is 1. The molecule has 2 aromatic rings. The normalized spacial score (nSPS) is 11.8. The number of aromatic nitrogens is 1. The van der Waals surface area contributed by atoms with Gasteiger partial charge >= 0.3 is 0 Å². The Morgan fingerprint density at radius 2 is 2.11 bits per heavy atom. The average molecular weight is 246 g/mol. The molecule has 0 saturated heterocycles. The molecule has 0 atom stereocenters. The highest BCUT2D eigenvalue weighted by Crippen LogP contribution is 2.17. The van der Waals surface area contributed by atoms with Crippen molar-refractivity contribution in [1.29, 1.82) is 0 Å². The van der Waals surface area contributed by atoms with Crippen molar-refractivity contribution in [2.24, 2.45) is 0 Å². The number of hydrogen-bond acceptors (Lipinski definition) is 2. The molecule has 0 aliphatic heterocycles. The molecule has 1 aromatic carbocycles. The number of amides is 1. The number of hydrogen-bond donors (Lipinski definition) is 3. The van der Waals surface area contributed by atoms with Gasteiger partial charge in [-0.1, -0.05) is 12.1 Å². The van der Waals surface area contributed by atoms with E-state index in [1.54, 1.807) is 13.8 Å². The monoisotopic (exact) mass is 246 g/mol. The van der Waals surface area contributed by atoms with E-state index in [9.17, 15) is 4.79 Å². The fraction of sp³-hybridized carbons (Fsp3) is 0.357. The van der Waals surface area contributed by atoms with Crippen LogP contribution in [-0.2, 0) is 0 Å². The second-order valence-corrected chi connectivity index (χ2v) is 5.27. The highest BCUT2D eigenvalue weighted by molar-refractivity contribution is 5.98. The summed E-state index contributed by atoms with van der Waals surface area (Å²) >= 11 is 0. The number of aliphatic hydroxyl groups excluding tert-OH is 1. The lowest BCUT2D eigenvalue weighted by molar-refractivity contribution is 0.0865. The fourth-order valence-electron chi connectivity index (χ4n) is 1.78. The number of benzene rings is 1. The number of fused-ring (bicyclic) bond motifs is 1. The largest absolute Gasteiger partial charge is 0.394 e. The molecule has 0 unspecified atom stereocenters. The Morgan fingerprint density at radius 1 is 1.39 bits per heavy atom. The first-order chi connectivity index (χ1) is 8.41. The first kappa shape index (κ1) is 12.6. The van der Waals surface area contributed by atoms with E-state index in [0.29, 0.717) is 5.69 Å². The van der Waals surface area contributed by atoms with E-state index in [0.717, 1.165) is 16.5 Å². The zero-order valence-electron chi connectivity index (χ0n) is 10.9. The van der Waals surface area contributed by atoms with Crippen LogP contribution in [0.15, 0.2) is 24.3 Å². The minimum absolute atomic E-state index is 0.0991. The molecule has 0 fully saturated rings. The Hall–Kier alpha value is -1.81. The van der Waals surface area contributed by atoms with Crippen molar-refractivity contribution in [3.8, 4) is 0 Å². The van der Waals surface area contributed by atoms with E-state index in [1.807, 2.05) is 31.2 Å². The lowest BCUT2D eigenvalue weighted by Gasteiger charge is -2.22. The third-order valence-electron chi connectivity index (χ3n) is 2.87. The summed E-state index contributed by atoms with van der Waals surface area (Å²) in [6.45, 7) is 5.46. The Labute approximate surface area is 106 Å². The predicted molar refractivity (Wildman–Crippen MR) is 71.7 cm³/mol. The highest BCUT2D eigenvalue weighted by Gasteiger charge is 2.20. The summed E-state index contributed by atoms with van der Waals surface area (Å²) in [5.74, 6) is -0.206. The third-order valence-corrected chi connectivity index (χ3v) is 2.87. The highest BCUT2D eigenvalue weighted by atomic mass is 16.3. The number of nitrogens with one attached hydrogen (secondary N) is 2. The van der Waals surface area contributed by atoms with Crippen molar-refractivity contribution >= 4 is 16.8 Å². The number of rotatable bonds is 3. The average Bonchev–Trinajstić information content (AvgIpc) is 2.71. The van der Waals surface area contributed by atoms with Crippen LogP contribution >= 0.6 is 0 Å². The molecular weight excluding hydrogens is 228 g/mol. The predicted octanol–water partition coefficient (Wildman–Crippen LogP) is 1.98. The summed E-state index contributed by atoms with van der Waals surface area (Å²) in [5, 5.41) is 12.9. The van der Waals surface area contributed by atoms with Crippen LogP contribution in [-0.4, -0.2) is 28.1 Å². The summed E-state index contributed by atoms with van der Waals surface area (Å²) in [4.78, 5) is 15.1. The standard InChI is InChI=1S/C14H18N2O2/c1-9-4-5-10-7-12(15-11(10)6-9)13(18)16-14(2,3)8-17/h4-7,15,17H,8H2,1-3H3,(H,16,18). The van der Waals surface area contributed by atoms with E-state index >= 15 is 0 Å². The van der Waals surface area contributed by atoms with Crippen LogP contribution in [0.2, 0.25) is 0 Å². The van der Waals surface area contributed by atoms with Crippen LogP contribution in [0.4, 0.5) is 0 Å². The minimum Gasteiger partial charge on any atom is -0.394 e. The summed E-state index contributed by atoms with van der Waals surface area (Å²) in [6, 6.07) is 7.81. The second-order valence-electron chi connectivity index (χ2n) is 5.27. The molecule has 96 valence electrons. The van der Waals surface area contributed by atoms with Gasteiger partial charge < -0.3 is 15.4 Å². The molecule has 0 spiro atoms. The lowest BCUT2D eigenvalue weighted by atomic mass is 10.1. The zero-order valence-corrected chi connectivity index (χ0v) is 10.9. The van der Waals surface area contributed by atoms with E-state index in [2.05, 4.69) is 10.3 Å². The molecule has 0 saturated carbocycles. The maximum atomic E-state index is 12.0. The quantitative estimate of drug-likeness (QED) is 0.775. The van der Waals surface area contributed by atoms with Gasteiger partial charge in [-0.05, 0) is 38.5 Å². The van der Waals surface area contributed by atoms with Crippen molar-refractivity contribution in [1.82, 2.24) is 10.3 Å². The van der Waals surface area contributed by atoms with Crippen molar-refractivity contribution in [2.45, 2.75) is 26.3 Å². The van der Waals surface area contributed by atoms with E-state index in [1.165, 1.54) is 0 Å². The fourth-order valence-corrected chi connectivity index (χ4v) is 1.78. The molecule has 2 rings (SSSR count). The van der Waals surface area contributed by atoms with Gasteiger partial charge in [0.2, 0.25) is 0 Å². The third kappa shape index (κ3) is 2.54. The van der Waals surface area contributed by atoms with Gasteiger partial charge in [-0.3, -0.25) is 4.79 Å². The number of carbonyl (C=O) groups excluding carboxylic acids is 1. The van der Waals surface area contributed by atoms with E-state index in [4.69, 9.17) is 5.11 Å². The zero-order chi connectivity index (χ0) is 13.3. The molecule has 4 heteroatoms. The number of aliphatic hydroxyl groups is 1. The minimum atomic E-state index is -0.621. The Bertz CT molecular complexity index is 584. The maximum Gasteiger partial charge on any atom is 0.268 e. The van der Waals surface area contributed by atoms with E-state index in [-0.39, 0.29) is 12.5 Å². The van der Waals surface area contributed by atoms with Crippen LogP contribution in [0.25, 0.3) is 10.9 Å². The van der Waals surface area contributed by atoms with Crippen LogP contribution in [0.1, 0.15) is 29.9 Å². The van der Waals surface area contributed by atoms with Crippen molar-refractivity contribution in [2.75, 3.05) is 6.61 Å². The molecule has 0 bridgehead atoms. The Morgan fingerprint density at radius 3 is 2.78 bits per heavy atom. The van der Waals surface area contributed by atoms with Gasteiger partial charge in [-0.2, -0.15) is 0 Å². The molecule has 4 nitrogen and oxygen atoms in total. The lowest BCUT2D eigenvalue weighted by Crippen LogP contribution is -2.46. The van der Waals surface area contributed by atoms with Crippen LogP contribution in [0, 0.1) is 6.92 Å². The van der Waals surface area contributed by atoms with E-state index < -0.39 is 5.54 Å². The Kier molecular flexibility index (Phi) is 3.13. The van der Waals surface area contributed by atoms with Crippen LogP contribution in [0.5, 0.6) is 0 Å². The Balaban J connectivity index is 2.28. The second kappa shape index (κ2) is 4.46. The number of carbonyl (C=O) groups is 1. The summed E-state index contributed by atoms with van der Waals surface area (Å²) in [6.07, 6.45) is 0. The first-order valence-corrected chi connectivity index (χ1v) is 5.94. The van der Waals surface area contributed by atoms with Gasteiger partial charge in [0.25, 0.3) is 5.91 Å². The van der Waals surface area contributed by atoms with Crippen LogP contribution < -0.4 is 5.32 Å². The topological polar surface area (TPSA) is 65.1 Å². The molecular formula is C14H18N2O2. The van der Waals surface area contributed by atoms with Gasteiger partial charge in [0.15, 0.2) is 0 Å². The molecule has 1 aromatic heterocycles. The maximum absolute atomic E-state index is 12.0. The van der Waals surface area contributed by atoms with Gasteiger partial charge in [0.05, 0.1) is 12.1 Å². The van der Waals surface area contributed by atoms with Gasteiger partial charge in [-0.15, -0.1) is 0 Å². The number of aryl methyl sites for hydroxylation is 1.